The van der Waals surface area contributed by atoms with E-state index in [0.717, 1.165) is 25.9 Å². The Hall–Kier alpha value is -1.47. The number of aromatic nitrogens is 2. The van der Waals surface area contributed by atoms with Gasteiger partial charge in [-0.05, 0) is 64.9 Å². The molecule has 2 fully saturated rings. The molecule has 1 aliphatic carbocycles. The van der Waals surface area contributed by atoms with Gasteiger partial charge in [-0.3, -0.25) is 9.69 Å². The molecule has 2 heterocycles. The van der Waals surface area contributed by atoms with Crippen molar-refractivity contribution < 1.29 is 9.42 Å². The fourth-order valence-electron chi connectivity index (χ4n) is 4.43. The summed E-state index contributed by atoms with van der Waals surface area (Å²) in [5.74, 6) is -0.0765. The van der Waals surface area contributed by atoms with Crippen molar-refractivity contribution in [3.63, 3.8) is 0 Å². The fraction of sp³-hybridized carbons (Fsp3) is 0.833. The van der Waals surface area contributed by atoms with Gasteiger partial charge in [0.15, 0.2) is 5.69 Å². The minimum absolute atomic E-state index is 0.0765. The quantitative estimate of drug-likeness (QED) is 0.826. The normalized spacial score (nSPS) is 26.1. The van der Waals surface area contributed by atoms with Crippen LogP contribution in [0, 0.1) is 6.92 Å². The van der Waals surface area contributed by atoms with Crippen LogP contribution in [0.3, 0.4) is 0 Å². The van der Waals surface area contributed by atoms with E-state index >= 15 is 0 Å². The second-order valence-corrected chi connectivity index (χ2v) is 7.73. The van der Waals surface area contributed by atoms with Crippen LogP contribution in [0.5, 0.6) is 0 Å². The van der Waals surface area contributed by atoms with Crippen molar-refractivity contribution in [2.45, 2.75) is 63.6 Å². The largest absolute Gasteiger partial charge is 0.336 e. The smallest absolute Gasteiger partial charge is 0.278 e. The maximum Gasteiger partial charge on any atom is 0.278 e. The first-order valence-corrected chi connectivity index (χ1v) is 9.46. The standard InChI is InChI=1S/C18H31N5O2/c1-13-17(20-25-19-13)18(24)23(4)16-8-6-5-7-15(16)22(3)14-9-11-21(2)12-10-14/h14-16H,5-12H2,1-4H3/t15-,16+/m1/s1. The van der Waals surface area contributed by atoms with E-state index in [1.54, 1.807) is 6.92 Å². The van der Waals surface area contributed by atoms with Gasteiger partial charge in [-0.2, -0.15) is 0 Å². The van der Waals surface area contributed by atoms with Crippen molar-refractivity contribution in [2.24, 2.45) is 0 Å². The number of rotatable bonds is 4. The van der Waals surface area contributed by atoms with Crippen LogP contribution >= 0.6 is 0 Å². The second kappa shape index (κ2) is 7.83. The molecule has 1 amide bonds. The zero-order valence-corrected chi connectivity index (χ0v) is 15.9. The van der Waals surface area contributed by atoms with Crippen molar-refractivity contribution in [1.82, 2.24) is 25.0 Å². The molecule has 140 valence electrons. The average molecular weight is 349 g/mol. The van der Waals surface area contributed by atoms with Gasteiger partial charge in [-0.15, -0.1) is 0 Å². The number of aryl methyl sites for hydroxylation is 1. The molecular weight excluding hydrogens is 318 g/mol. The first kappa shape index (κ1) is 18.3. The van der Waals surface area contributed by atoms with Gasteiger partial charge in [0.1, 0.15) is 5.69 Å². The summed E-state index contributed by atoms with van der Waals surface area (Å²) in [6.07, 6.45) is 7.04. The Kier molecular flexibility index (Phi) is 5.74. The molecular formula is C18H31N5O2. The molecule has 0 radical (unpaired) electrons. The topological polar surface area (TPSA) is 65.7 Å². The van der Waals surface area contributed by atoms with Crippen LogP contribution in [0.2, 0.25) is 0 Å². The van der Waals surface area contributed by atoms with Crippen LogP contribution in [-0.4, -0.2) is 83.3 Å². The molecule has 0 aromatic carbocycles. The maximum absolute atomic E-state index is 12.9. The molecule has 0 spiro atoms. The highest BCUT2D eigenvalue weighted by molar-refractivity contribution is 5.93. The minimum atomic E-state index is -0.0765. The van der Waals surface area contributed by atoms with E-state index in [9.17, 15) is 4.79 Å². The van der Waals surface area contributed by atoms with Gasteiger partial charge in [0.2, 0.25) is 0 Å². The van der Waals surface area contributed by atoms with Gasteiger partial charge >= 0.3 is 0 Å². The Labute approximate surface area is 150 Å². The third kappa shape index (κ3) is 3.87. The lowest BCUT2D eigenvalue weighted by molar-refractivity contribution is 0.0273. The molecule has 1 aromatic heterocycles. The molecule has 1 aliphatic heterocycles. The van der Waals surface area contributed by atoms with Crippen LogP contribution < -0.4 is 0 Å². The van der Waals surface area contributed by atoms with E-state index < -0.39 is 0 Å². The van der Waals surface area contributed by atoms with Crippen molar-refractivity contribution in [3.05, 3.63) is 11.4 Å². The van der Waals surface area contributed by atoms with Gasteiger partial charge in [-0.1, -0.05) is 18.0 Å². The minimum Gasteiger partial charge on any atom is -0.336 e. The predicted molar refractivity (Wildman–Crippen MR) is 95.5 cm³/mol. The van der Waals surface area contributed by atoms with Gasteiger partial charge in [0, 0.05) is 25.2 Å². The molecule has 25 heavy (non-hydrogen) atoms. The number of amides is 1. The Balaban J connectivity index is 1.71. The molecule has 7 nitrogen and oxygen atoms in total. The van der Waals surface area contributed by atoms with Gasteiger partial charge in [-0.25, -0.2) is 4.63 Å². The molecule has 2 atom stereocenters. The van der Waals surface area contributed by atoms with Crippen molar-refractivity contribution in [2.75, 3.05) is 34.2 Å². The predicted octanol–water partition coefficient (Wildman–Crippen LogP) is 1.79. The van der Waals surface area contributed by atoms with Gasteiger partial charge < -0.3 is 9.80 Å². The van der Waals surface area contributed by atoms with Crippen LogP contribution in [0.15, 0.2) is 4.63 Å². The van der Waals surface area contributed by atoms with E-state index in [0.29, 0.717) is 23.5 Å². The van der Waals surface area contributed by atoms with Crippen LogP contribution in [0.1, 0.15) is 54.7 Å². The fourth-order valence-corrected chi connectivity index (χ4v) is 4.43. The number of hydrogen-bond acceptors (Lipinski definition) is 6. The molecule has 7 heteroatoms. The number of likely N-dealkylation sites (N-methyl/N-ethyl adjacent to an activating group) is 2. The summed E-state index contributed by atoms with van der Waals surface area (Å²) in [5.41, 5.74) is 0.904. The third-order valence-electron chi connectivity index (χ3n) is 6.15. The lowest BCUT2D eigenvalue weighted by Crippen LogP contribution is -2.56. The Morgan fingerprint density at radius 3 is 2.32 bits per heavy atom. The van der Waals surface area contributed by atoms with Crippen LogP contribution in [-0.2, 0) is 0 Å². The molecule has 0 unspecified atom stereocenters. The number of piperidine rings is 1. The van der Waals surface area contributed by atoms with Crippen molar-refractivity contribution in [1.29, 1.82) is 0 Å². The Morgan fingerprint density at radius 1 is 1.08 bits per heavy atom. The molecule has 2 aliphatic rings. The number of carbonyl (C=O) groups is 1. The number of hydrogen-bond donors (Lipinski definition) is 0. The highest BCUT2D eigenvalue weighted by Crippen LogP contribution is 2.30. The summed E-state index contributed by atoms with van der Waals surface area (Å²) in [6, 6.07) is 1.25. The van der Waals surface area contributed by atoms with Gasteiger partial charge in [0.05, 0.1) is 0 Å². The first-order valence-electron chi connectivity index (χ1n) is 9.46. The highest BCUT2D eigenvalue weighted by Gasteiger charge is 2.37. The van der Waals surface area contributed by atoms with Crippen molar-refractivity contribution >= 4 is 5.91 Å². The number of carbonyl (C=O) groups excluding carboxylic acids is 1. The zero-order chi connectivity index (χ0) is 18.0. The molecule has 3 rings (SSSR count). The molecule has 0 bridgehead atoms. The molecule has 1 aromatic rings. The monoisotopic (exact) mass is 349 g/mol. The maximum atomic E-state index is 12.9. The van der Waals surface area contributed by atoms with E-state index in [2.05, 4.69) is 34.2 Å². The molecule has 1 saturated carbocycles. The van der Waals surface area contributed by atoms with Crippen LogP contribution in [0.4, 0.5) is 0 Å². The summed E-state index contributed by atoms with van der Waals surface area (Å²) in [4.78, 5) is 19.7. The summed E-state index contributed by atoms with van der Waals surface area (Å²) >= 11 is 0. The van der Waals surface area contributed by atoms with Crippen molar-refractivity contribution in [3.8, 4) is 0 Å². The van der Waals surface area contributed by atoms with E-state index in [1.165, 1.54) is 25.7 Å². The third-order valence-corrected chi connectivity index (χ3v) is 6.15. The first-order chi connectivity index (χ1) is 12.0. The van der Waals surface area contributed by atoms with E-state index in [1.807, 2.05) is 11.9 Å². The lowest BCUT2D eigenvalue weighted by Gasteiger charge is -2.46. The second-order valence-electron chi connectivity index (χ2n) is 7.73. The average Bonchev–Trinajstić information content (AvgIpc) is 3.06. The summed E-state index contributed by atoms with van der Waals surface area (Å²) in [5, 5.41) is 7.55. The van der Waals surface area contributed by atoms with E-state index in [4.69, 9.17) is 4.63 Å². The SMILES string of the molecule is Cc1nonc1C(=O)N(C)[C@H]1CCCC[C@H]1N(C)C1CCN(C)CC1. The Morgan fingerprint density at radius 2 is 1.72 bits per heavy atom. The Bertz CT molecular complexity index is 582. The molecule has 0 N–H and O–H groups in total. The highest BCUT2D eigenvalue weighted by atomic mass is 16.6. The summed E-state index contributed by atoms with van der Waals surface area (Å²) in [7, 11) is 6.35. The van der Waals surface area contributed by atoms with E-state index in [-0.39, 0.29) is 11.9 Å². The zero-order valence-electron chi connectivity index (χ0n) is 15.9. The lowest BCUT2D eigenvalue weighted by atomic mass is 9.86. The number of nitrogens with zero attached hydrogens (tertiary/aromatic N) is 5. The summed E-state index contributed by atoms with van der Waals surface area (Å²) < 4.78 is 4.72. The van der Waals surface area contributed by atoms with Crippen LogP contribution in [0.25, 0.3) is 0 Å². The number of likely N-dealkylation sites (tertiary alicyclic amines) is 1. The van der Waals surface area contributed by atoms with Gasteiger partial charge in [0.25, 0.3) is 5.91 Å². The molecule has 1 saturated heterocycles. The summed E-state index contributed by atoms with van der Waals surface area (Å²) in [6.45, 7) is 4.08.